The van der Waals surface area contributed by atoms with Crippen LogP contribution >= 0.6 is 0 Å². The van der Waals surface area contributed by atoms with E-state index in [-0.39, 0.29) is 42.6 Å². The van der Waals surface area contributed by atoms with Gasteiger partial charge in [0.15, 0.2) is 12.3 Å². The quantitative estimate of drug-likeness (QED) is 0.432. The minimum Gasteiger partial charge on any atom is -0.484 e. The molecule has 178 valence electrons. The summed E-state index contributed by atoms with van der Waals surface area (Å²) < 4.78 is 16.6. The van der Waals surface area contributed by atoms with E-state index >= 15 is 0 Å². The van der Waals surface area contributed by atoms with Crippen LogP contribution in [0, 0.1) is 0 Å². The van der Waals surface area contributed by atoms with Gasteiger partial charge in [-0.2, -0.15) is 0 Å². The molecule has 0 fully saturated rings. The number of fused-ring (bicyclic) bond motifs is 1. The first-order valence-corrected chi connectivity index (χ1v) is 11.4. The highest BCUT2D eigenvalue weighted by molar-refractivity contribution is 5.91. The van der Waals surface area contributed by atoms with E-state index < -0.39 is 0 Å². The minimum atomic E-state index is -0.361. The summed E-state index contributed by atoms with van der Waals surface area (Å²) in [6.45, 7) is 2.60. The lowest BCUT2D eigenvalue weighted by atomic mass is 9.88. The number of carbonyl (C=O) groups excluding carboxylic acids is 2. The van der Waals surface area contributed by atoms with Gasteiger partial charge in [0, 0.05) is 13.5 Å². The summed E-state index contributed by atoms with van der Waals surface area (Å²) in [6.07, 6.45) is 3.64. The van der Waals surface area contributed by atoms with Crippen LogP contribution in [0.4, 0.5) is 0 Å². The van der Waals surface area contributed by atoms with Gasteiger partial charge in [0.05, 0.1) is 18.8 Å². The Morgan fingerprint density at radius 3 is 2.74 bits per heavy atom. The Labute approximate surface area is 202 Å². The molecule has 2 amide bonds. The first-order valence-electron chi connectivity index (χ1n) is 11.4. The van der Waals surface area contributed by atoms with Crippen molar-refractivity contribution in [3.8, 4) is 5.75 Å². The predicted octanol–water partition coefficient (Wildman–Crippen LogP) is 4.27. The number of rotatable bonds is 7. The zero-order valence-electron chi connectivity index (χ0n) is 19.3. The molecule has 8 nitrogen and oxygen atoms in total. The van der Waals surface area contributed by atoms with E-state index in [0.29, 0.717) is 18.1 Å². The maximum absolute atomic E-state index is 12.4. The van der Waals surface area contributed by atoms with Gasteiger partial charge in [0.25, 0.3) is 5.91 Å². The van der Waals surface area contributed by atoms with Crippen molar-refractivity contribution < 1.29 is 23.2 Å². The molecule has 1 unspecified atom stereocenters. The minimum absolute atomic E-state index is 0.0356. The Morgan fingerprint density at radius 2 is 1.97 bits per heavy atom. The van der Waals surface area contributed by atoms with Gasteiger partial charge in [-0.1, -0.05) is 36.4 Å². The van der Waals surface area contributed by atoms with Crippen molar-refractivity contribution in [2.24, 2.45) is 0 Å². The Hall–Kier alpha value is -4.33. The second kappa shape index (κ2) is 9.89. The first kappa shape index (κ1) is 22.5. The van der Waals surface area contributed by atoms with Crippen LogP contribution in [0.1, 0.15) is 51.8 Å². The number of benzene rings is 2. The number of amides is 2. The molecule has 1 atom stereocenters. The SMILES string of the molecule is CC(=O)N1CCc2ccc(OCc3nc(C(=O)NCc4ccco4)co3)cc2C1c1ccccc1. The number of aromatic nitrogens is 1. The third-order valence-corrected chi connectivity index (χ3v) is 6.02. The van der Waals surface area contributed by atoms with Crippen molar-refractivity contribution in [1.29, 1.82) is 0 Å². The normalized spacial score (nSPS) is 14.9. The number of hydrogen-bond donors (Lipinski definition) is 1. The topological polar surface area (TPSA) is 97.8 Å². The number of oxazole rings is 1. The molecule has 2 aromatic heterocycles. The number of nitrogens with zero attached hydrogens (tertiary/aromatic N) is 2. The lowest BCUT2D eigenvalue weighted by molar-refractivity contribution is -0.130. The summed E-state index contributed by atoms with van der Waals surface area (Å²) in [6, 6.07) is 19.3. The molecule has 0 spiro atoms. The van der Waals surface area contributed by atoms with E-state index in [1.807, 2.05) is 53.4 Å². The second-order valence-electron chi connectivity index (χ2n) is 8.31. The number of nitrogens with one attached hydrogen (secondary N) is 1. The van der Waals surface area contributed by atoms with Gasteiger partial charge in [-0.3, -0.25) is 9.59 Å². The van der Waals surface area contributed by atoms with E-state index in [9.17, 15) is 9.59 Å². The highest BCUT2D eigenvalue weighted by Gasteiger charge is 2.30. The van der Waals surface area contributed by atoms with Crippen molar-refractivity contribution in [2.45, 2.75) is 32.5 Å². The molecule has 3 heterocycles. The van der Waals surface area contributed by atoms with E-state index in [1.54, 1.807) is 25.3 Å². The smallest absolute Gasteiger partial charge is 0.273 e. The Balaban J connectivity index is 1.29. The molecule has 4 aromatic rings. The van der Waals surface area contributed by atoms with Crippen molar-refractivity contribution in [1.82, 2.24) is 15.2 Å². The molecule has 0 saturated heterocycles. The molecule has 1 N–H and O–H groups in total. The van der Waals surface area contributed by atoms with Gasteiger partial charge in [-0.15, -0.1) is 0 Å². The highest BCUT2D eigenvalue weighted by Crippen LogP contribution is 2.37. The molecule has 0 bridgehead atoms. The van der Waals surface area contributed by atoms with Crippen LogP contribution < -0.4 is 10.1 Å². The van der Waals surface area contributed by atoms with Crippen LogP contribution in [0.2, 0.25) is 0 Å². The van der Waals surface area contributed by atoms with Crippen LogP contribution in [0.5, 0.6) is 5.75 Å². The van der Waals surface area contributed by atoms with Crippen molar-refractivity contribution in [3.05, 3.63) is 107 Å². The standard InChI is InChI=1S/C27H25N3O5/c1-18(31)30-12-11-19-9-10-21(14-23(19)26(30)20-6-3-2-4-7-20)34-17-25-29-24(16-35-25)27(32)28-15-22-8-5-13-33-22/h2-10,13-14,16,26H,11-12,15,17H2,1H3,(H,28,32). The van der Waals surface area contributed by atoms with E-state index in [1.165, 1.54) is 11.8 Å². The van der Waals surface area contributed by atoms with Crippen LogP contribution in [-0.2, 0) is 24.4 Å². The molecule has 1 aliphatic heterocycles. The predicted molar refractivity (Wildman–Crippen MR) is 127 cm³/mol. The maximum atomic E-state index is 12.4. The van der Waals surface area contributed by atoms with Crippen LogP contribution in [0.3, 0.4) is 0 Å². The summed E-state index contributed by atoms with van der Waals surface area (Å²) in [5.41, 5.74) is 3.46. The molecule has 8 heteroatoms. The summed E-state index contributed by atoms with van der Waals surface area (Å²) in [4.78, 5) is 30.8. The fraction of sp³-hybridized carbons (Fsp3) is 0.222. The number of furan rings is 1. The Bertz CT molecular complexity index is 1310. The monoisotopic (exact) mass is 471 g/mol. The van der Waals surface area contributed by atoms with E-state index in [4.69, 9.17) is 13.6 Å². The summed E-state index contributed by atoms with van der Waals surface area (Å²) in [5, 5.41) is 2.73. The van der Waals surface area contributed by atoms with E-state index in [2.05, 4.69) is 10.3 Å². The van der Waals surface area contributed by atoms with Crippen LogP contribution in [-0.4, -0.2) is 28.2 Å². The third kappa shape index (κ3) is 4.96. The maximum Gasteiger partial charge on any atom is 0.273 e. The molecule has 35 heavy (non-hydrogen) atoms. The number of carbonyl (C=O) groups is 2. The van der Waals surface area contributed by atoms with Crippen molar-refractivity contribution in [3.63, 3.8) is 0 Å². The van der Waals surface area contributed by atoms with Crippen molar-refractivity contribution in [2.75, 3.05) is 6.54 Å². The molecule has 0 radical (unpaired) electrons. The molecule has 1 aliphatic rings. The van der Waals surface area contributed by atoms with Crippen molar-refractivity contribution >= 4 is 11.8 Å². The average molecular weight is 472 g/mol. The number of hydrogen-bond acceptors (Lipinski definition) is 6. The van der Waals surface area contributed by atoms with Gasteiger partial charge in [0.1, 0.15) is 17.8 Å². The van der Waals surface area contributed by atoms with Gasteiger partial charge < -0.3 is 23.8 Å². The summed E-state index contributed by atoms with van der Waals surface area (Å²) in [7, 11) is 0. The molecule has 0 aliphatic carbocycles. The lowest BCUT2D eigenvalue weighted by Gasteiger charge is -2.37. The van der Waals surface area contributed by atoms with Gasteiger partial charge in [-0.05, 0) is 47.4 Å². The molecule has 0 saturated carbocycles. The zero-order valence-corrected chi connectivity index (χ0v) is 19.3. The fourth-order valence-electron chi connectivity index (χ4n) is 4.31. The van der Waals surface area contributed by atoms with E-state index in [0.717, 1.165) is 17.5 Å². The largest absolute Gasteiger partial charge is 0.484 e. The summed E-state index contributed by atoms with van der Waals surface area (Å²) >= 11 is 0. The van der Waals surface area contributed by atoms with Gasteiger partial charge >= 0.3 is 0 Å². The van der Waals surface area contributed by atoms with Crippen LogP contribution in [0.25, 0.3) is 0 Å². The molecule has 5 rings (SSSR count). The first-order chi connectivity index (χ1) is 17.1. The average Bonchev–Trinajstić information content (AvgIpc) is 3.58. The number of ether oxygens (including phenoxy) is 1. The molecular weight excluding hydrogens is 446 g/mol. The summed E-state index contributed by atoms with van der Waals surface area (Å²) in [5.74, 6) is 1.25. The fourth-order valence-corrected chi connectivity index (χ4v) is 4.31. The highest BCUT2D eigenvalue weighted by atomic mass is 16.5. The Morgan fingerprint density at radius 1 is 1.11 bits per heavy atom. The van der Waals surface area contributed by atoms with Gasteiger partial charge in [0.2, 0.25) is 11.8 Å². The molecular formula is C27H25N3O5. The second-order valence-corrected chi connectivity index (χ2v) is 8.31. The lowest BCUT2D eigenvalue weighted by Crippen LogP contribution is -2.39. The molecule has 2 aromatic carbocycles. The van der Waals surface area contributed by atoms with Gasteiger partial charge in [-0.25, -0.2) is 4.98 Å². The Kier molecular flexibility index (Phi) is 6.34. The third-order valence-electron chi connectivity index (χ3n) is 6.02. The van der Waals surface area contributed by atoms with Crippen LogP contribution in [0.15, 0.2) is 82.0 Å². The zero-order chi connectivity index (χ0) is 24.2.